The molecule has 0 spiro atoms. The highest BCUT2D eigenvalue weighted by Gasteiger charge is 2.20. The van der Waals surface area contributed by atoms with Crippen LogP contribution in [-0.2, 0) is 4.74 Å². The van der Waals surface area contributed by atoms with Gasteiger partial charge in [0.15, 0.2) is 11.6 Å². The number of hydrogen-bond acceptors (Lipinski definition) is 9. The second kappa shape index (κ2) is 10.9. The maximum Gasteiger partial charge on any atom is 0.411 e. The molecule has 1 amide bonds. The number of halogens is 3. The van der Waals surface area contributed by atoms with Crippen LogP contribution < -0.4 is 14.8 Å². The zero-order chi connectivity index (χ0) is 27.7. The van der Waals surface area contributed by atoms with Crippen LogP contribution in [0.3, 0.4) is 0 Å². The molecule has 2 aromatic carbocycles. The van der Waals surface area contributed by atoms with Crippen molar-refractivity contribution >= 4 is 56.0 Å². The second-order valence-corrected chi connectivity index (χ2v) is 9.81. The third-order valence-electron chi connectivity index (χ3n) is 5.58. The van der Waals surface area contributed by atoms with E-state index in [1.807, 2.05) is 19.1 Å². The minimum atomic E-state index is -0.793. The topological polar surface area (TPSA) is 108 Å². The Morgan fingerprint density at radius 3 is 2.64 bits per heavy atom. The highest BCUT2D eigenvalue weighted by Crippen LogP contribution is 2.40. The highest BCUT2D eigenvalue weighted by molar-refractivity contribution is 7.21. The molecule has 0 radical (unpaired) electrons. The largest absolute Gasteiger partial charge is 0.487 e. The first-order valence-corrected chi connectivity index (χ1v) is 12.7. The number of benzene rings is 2. The van der Waals surface area contributed by atoms with E-state index in [0.29, 0.717) is 26.6 Å². The zero-order valence-electron chi connectivity index (χ0n) is 20.8. The van der Waals surface area contributed by atoms with Gasteiger partial charge in [-0.15, -0.1) is 11.3 Å². The number of carbonyl (C=O) groups is 1. The van der Waals surface area contributed by atoms with Crippen molar-refractivity contribution in [3.8, 4) is 22.2 Å². The van der Waals surface area contributed by atoms with Crippen LogP contribution in [0.25, 0.3) is 31.8 Å². The van der Waals surface area contributed by atoms with Gasteiger partial charge in [-0.2, -0.15) is 4.39 Å². The van der Waals surface area contributed by atoms with Gasteiger partial charge in [0.25, 0.3) is 0 Å². The number of anilines is 1. The molecule has 0 saturated carbocycles. The molecule has 5 rings (SSSR count). The van der Waals surface area contributed by atoms with E-state index in [0.717, 1.165) is 11.1 Å². The number of ether oxygens (including phenoxy) is 3. The molecule has 0 atom stereocenters. The van der Waals surface area contributed by atoms with Gasteiger partial charge >= 0.3 is 6.09 Å². The van der Waals surface area contributed by atoms with E-state index in [9.17, 15) is 9.18 Å². The number of rotatable bonds is 7. The lowest BCUT2D eigenvalue weighted by atomic mass is 10.1. The van der Waals surface area contributed by atoms with Crippen molar-refractivity contribution in [2.45, 2.75) is 13.8 Å². The Balaban J connectivity index is 1.32. The van der Waals surface area contributed by atoms with Gasteiger partial charge in [-0.05, 0) is 37.6 Å². The lowest BCUT2D eigenvalue weighted by Gasteiger charge is -2.10. The molecule has 5 aromatic rings. The molecule has 0 aliphatic heterocycles. The summed E-state index contributed by atoms with van der Waals surface area (Å²) >= 11 is 7.61. The van der Waals surface area contributed by atoms with Crippen molar-refractivity contribution in [1.29, 1.82) is 0 Å². The van der Waals surface area contributed by atoms with Crippen LogP contribution in [-0.4, -0.2) is 46.4 Å². The fourth-order valence-electron chi connectivity index (χ4n) is 3.78. The number of carbonyl (C=O) groups excluding carboxylic acids is 1. The van der Waals surface area contributed by atoms with Crippen LogP contribution in [0.4, 0.5) is 19.3 Å². The molecular formula is C26H20ClF2N5O4S. The molecule has 0 bridgehead atoms. The van der Waals surface area contributed by atoms with Crippen molar-refractivity contribution in [3.05, 3.63) is 64.6 Å². The summed E-state index contributed by atoms with van der Waals surface area (Å²) < 4.78 is 44.6. The van der Waals surface area contributed by atoms with Crippen molar-refractivity contribution < 1.29 is 27.8 Å². The summed E-state index contributed by atoms with van der Waals surface area (Å²) in [6, 6.07) is 6.73. The zero-order valence-corrected chi connectivity index (χ0v) is 22.4. The molecule has 39 heavy (non-hydrogen) atoms. The Kier molecular flexibility index (Phi) is 7.40. The van der Waals surface area contributed by atoms with Crippen LogP contribution in [0, 0.1) is 25.6 Å². The van der Waals surface area contributed by atoms with Gasteiger partial charge in [-0.3, -0.25) is 5.32 Å². The number of pyridine rings is 1. The van der Waals surface area contributed by atoms with Crippen molar-refractivity contribution in [1.82, 2.24) is 19.9 Å². The number of methoxy groups -OCH3 is 1. The fraction of sp³-hybridized carbons (Fsp3) is 0.192. The summed E-state index contributed by atoms with van der Waals surface area (Å²) in [5, 5.41) is 2.83. The average molecular weight is 572 g/mol. The number of aromatic nitrogens is 4. The molecule has 0 saturated heterocycles. The highest BCUT2D eigenvalue weighted by atomic mass is 35.5. The molecule has 0 aliphatic rings. The fourth-order valence-corrected chi connectivity index (χ4v) is 5.09. The summed E-state index contributed by atoms with van der Waals surface area (Å²) in [6.45, 7) is 3.12. The number of hydrogen-bond donors (Lipinski definition) is 1. The van der Waals surface area contributed by atoms with E-state index in [4.69, 9.17) is 25.8 Å². The molecule has 3 aromatic heterocycles. The van der Waals surface area contributed by atoms with Crippen molar-refractivity contribution in [3.63, 3.8) is 0 Å². The minimum Gasteiger partial charge on any atom is -0.487 e. The molecule has 0 unspecified atom stereocenters. The summed E-state index contributed by atoms with van der Waals surface area (Å²) in [6.07, 6.45) is 1.89. The standard InChI is InChI=1S/C26H20ClF2N5O4S/c1-12-6-15(22-16(7-12)33-19(36-3)11-30-22)25-34-23-18(39-25)9-17(21(28)20(23)27)37-4-5-38-26(35)32-14-8-13(2)24(29)31-10-14/h6-11H,4-5H2,1-3H3,(H,32,35). The molecule has 13 heteroatoms. The number of aryl methyl sites for hydroxylation is 2. The van der Waals surface area contributed by atoms with E-state index in [2.05, 4.69) is 25.3 Å². The molecule has 0 aliphatic carbocycles. The van der Waals surface area contributed by atoms with Crippen LogP contribution in [0.5, 0.6) is 11.6 Å². The maximum atomic E-state index is 15.0. The summed E-state index contributed by atoms with van der Waals surface area (Å²) in [5.41, 5.74) is 3.76. The van der Waals surface area contributed by atoms with Gasteiger partial charge in [-0.1, -0.05) is 11.6 Å². The van der Waals surface area contributed by atoms with Crippen LogP contribution >= 0.6 is 22.9 Å². The minimum absolute atomic E-state index is 0.108. The predicted octanol–water partition coefficient (Wildman–Crippen LogP) is 6.49. The van der Waals surface area contributed by atoms with Crippen molar-refractivity contribution in [2.75, 3.05) is 25.6 Å². The smallest absolute Gasteiger partial charge is 0.411 e. The molecule has 1 N–H and O–H groups in total. The monoisotopic (exact) mass is 571 g/mol. The number of thiazole rings is 1. The normalized spacial score (nSPS) is 11.1. The Labute approximate surface area is 229 Å². The van der Waals surface area contributed by atoms with E-state index >= 15 is 4.39 Å². The Morgan fingerprint density at radius 2 is 1.87 bits per heavy atom. The number of amides is 1. The van der Waals surface area contributed by atoms with Crippen molar-refractivity contribution in [2.24, 2.45) is 0 Å². The lowest BCUT2D eigenvalue weighted by molar-refractivity contribution is 0.136. The molecule has 200 valence electrons. The molecule has 9 nitrogen and oxygen atoms in total. The lowest BCUT2D eigenvalue weighted by Crippen LogP contribution is -2.18. The predicted molar refractivity (Wildman–Crippen MR) is 144 cm³/mol. The third-order valence-corrected chi connectivity index (χ3v) is 6.96. The Morgan fingerprint density at radius 1 is 1.05 bits per heavy atom. The number of nitrogens with one attached hydrogen (secondary N) is 1. The van der Waals surface area contributed by atoms with Gasteiger partial charge in [0.05, 0.1) is 40.9 Å². The first-order chi connectivity index (χ1) is 18.7. The number of nitrogens with zero attached hydrogens (tertiary/aromatic N) is 4. The van der Waals surface area contributed by atoms with E-state index in [1.165, 1.54) is 49.9 Å². The van der Waals surface area contributed by atoms with E-state index in [1.54, 1.807) is 0 Å². The Hall–Kier alpha value is -4.16. The molecule has 0 fully saturated rings. The van der Waals surface area contributed by atoms with E-state index < -0.39 is 17.9 Å². The van der Waals surface area contributed by atoms with Crippen LogP contribution in [0.2, 0.25) is 5.02 Å². The Bertz CT molecular complexity index is 1730. The third kappa shape index (κ3) is 5.52. The van der Waals surface area contributed by atoms with Crippen LogP contribution in [0.1, 0.15) is 11.1 Å². The summed E-state index contributed by atoms with van der Waals surface area (Å²) in [4.78, 5) is 29.0. The molecule has 3 heterocycles. The molecular weight excluding hydrogens is 552 g/mol. The van der Waals surface area contributed by atoms with Gasteiger partial charge < -0.3 is 14.2 Å². The maximum absolute atomic E-state index is 15.0. The quantitative estimate of drug-likeness (QED) is 0.174. The van der Waals surface area contributed by atoms with E-state index in [-0.39, 0.29) is 40.8 Å². The first-order valence-electron chi connectivity index (χ1n) is 11.5. The SMILES string of the molecule is COc1cnc2c(-c3nc4c(Cl)c(F)c(OCCOC(=O)Nc5cnc(F)c(C)c5)cc4s3)cc(C)cc2n1. The average Bonchev–Trinajstić information content (AvgIpc) is 3.34. The van der Waals surface area contributed by atoms with Gasteiger partial charge in [0.1, 0.15) is 28.8 Å². The number of fused-ring (bicyclic) bond motifs is 2. The first kappa shape index (κ1) is 26.4. The van der Waals surface area contributed by atoms with Crippen LogP contribution in [0.15, 0.2) is 36.7 Å². The van der Waals surface area contributed by atoms with Gasteiger partial charge in [0, 0.05) is 17.2 Å². The summed E-state index contributed by atoms with van der Waals surface area (Å²) in [7, 11) is 1.52. The summed E-state index contributed by atoms with van der Waals surface area (Å²) in [5.74, 6) is -1.13. The van der Waals surface area contributed by atoms with Gasteiger partial charge in [0.2, 0.25) is 11.8 Å². The van der Waals surface area contributed by atoms with Gasteiger partial charge in [-0.25, -0.2) is 29.1 Å². The second-order valence-electron chi connectivity index (χ2n) is 8.40.